The van der Waals surface area contributed by atoms with Gasteiger partial charge in [0.15, 0.2) is 0 Å². The van der Waals surface area contributed by atoms with Crippen molar-refractivity contribution in [2.24, 2.45) is 5.92 Å². The fourth-order valence-corrected chi connectivity index (χ4v) is 3.78. The van der Waals surface area contributed by atoms with Crippen LogP contribution in [0.5, 0.6) is 0 Å². The van der Waals surface area contributed by atoms with E-state index < -0.39 is 0 Å². The lowest BCUT2D eigenvalue weighted by Crippen LogP contribution is -2.25. The topological polar surface area (TPSA) is 29.1 Å². The Morgan fingerprint density at radius 3 is 2.76 bits per heavy atom. The van der Waals surface area contributed by atoms with Crippen LogP contribution in [0, 0.1) is 5.92 Å². The van der Waals surface area contributed by atoms with Crippen molar-refractivity contribution >= 4 is 33.2 Å². The molecule has 1 saturated carbocycles. The molecule has 1 amide bonds. The number of nitrogens with one attached hydrogen (secondary N) is 1. The highest BCUT2D eigenvalue weighted by Gasteiger charge is 2.16. The molecule has 1 aromatic heterocycles. The number of carbonyl (C=O) groups is 1. The molecule has 0 spiro atoms. The van der Waals surface area contributed by atoms with Gasteiger partial charge in [-0.25, -0.2) is 0 Å². The van der Waals surface area contributed by atoms with E-state index in [-0.39, 0.29) is 5.91 Å². The lowest BCUT2D eigenvalue weighted by molar-refractivity contribution is -0.122. The van der Waals surface area contributed by atoms with Gasteiger partial charge in [-0.3, -0.25) is 4.79 Å². The average Bonchev–Trinajstić information content (AvgIpc) is 2.74. The van der Waals surface area contributed by atoms with E-state index in [1.54, 1.807) is 11.3 Å². The van der Waals surface area contributed by atoms with Gasteiger partial charge in [0.2, 0.25) is 5.91 Å². The van der Waals surface area contributed by atoms with Crippen molar-refractivity contribution in [1.29, 1.82) is 0 Å². The summed E-state index contributed by atoms with van der Waals surface area (Å²) in [4.78, 5) is 13.0. The Morgan fingerprint density at radius 2 is 2.12 bits per heavy atom. The zero-order valence-electron chi connectivity index (χ0n) is 9.88. The Morgan fingerprint density at radius 1 is 1.35 bits per heavy atom. The Bertz CT molecular complexity index is 371. The van der Waals surface area contributed by atoms with Crippen molar-refractivity contribution in [3.05, 3.63) is 20.8 Å². The van der Waals surface area contributed by atoms with Crippen LogP contribution in [0.25, 0.3) is 0 Å². The number of hydrogen-bond donors (Lipinski definition) is 1. The quantitative estimate of drug-likeness (QED) is 0.890. The molecule has 0 saturated heterocycles. The van der Waals surface area contributed by atoms with Crippen LogP contribution >= 0.6 is 27.3 Å². The van der Waals surface area contributed by atoms with Crippen LogP contribution in [0.15, 0.2) is 15.9 Å². The van der Waals surface area contributed by atoms with Crippen LogP contribution in [-0.2, 0) is 11.3 Å². The van der Waals surface area contributed by atoms with Crippen LogP contribution in [0.3, 0.4) is 0 Å². The number of amides is 1. The molecule has 17 heavy (non-hydrogen) atoms. The maximum Gasteiger partial charge on any atom is 0.220 e. The number of hydrogen-bond acceptors (Lipinski definition) is 2. The summed E-state index contributed by atoms with van der Waals surface area (Å²) >= 11 is 5.10. The molecular weight excluding hydrogens is 298 g/mol. The summed E-state index contributed by atoms with van der Waals surface area (Å²) in [5.74, 6) is 0.834. The smallest absolute Gasteiger partial charge is 0.220 e. The molecule has 2 nitrogen and oxygen atoms in total. The molecule has 2 rings (SSSR count). The van der Waals surface area contributed by atoms with E-state index >= 15 is 0 Å². The Hall–Kier alpha value is -0.350. The molecule has 1 fully saturated rings. The van der Waals surface area contributed by atoms with Crippen molar-refractivity contribution in [1.82, 2.24) is 5.32 Å². The van der Waals surface area contributed by atoms with Crippen LogP contribution in [0.1, 0.15) is 43.4 Å². The SMILES string of the molecule is O=C(CC1CCCCC1)NCc1ccc(Br)s1. The van der Waals surface area contributed by atoms with E-state index in [4.69, 9.17) is 0 Å². The molecule has 0 aromatic carbocycles. The van der Waals surface area contributed by atoms with Gasteiger partial charge in [0.1, 0.15) is 0 Å². The molecule has 1 aliphatic carbocycles. The van der Waals surface area contributed by atoms with Crippen molar-refractivity contribution in [3.8, 4) is 0 Å². The van der Waals surface area contributed by atoms with Gasteiger partial charge in [-0.15, -0.1) is 11.3 Å². The zero-order chi connectivity index (χ0) is 12.1. The van der Waals surface area contributed by atoms with Crippen LogP contribution in [0.2, 0.25) is 0 Å². The van der Waals surface area contributed by atoms with Crippen molar-refractivity contribution in [2.45, 2.75) is 45.1 Å². The lowest BCUT2D eigenvalue weighted by atomic mass is 9.87. The summed E-state index contributed by atoms with van der Waals surface area (Å²) in [7, 11) is 0. The predicted molar refractivity (Wildman–Crippen MR) is 75.1 cm³/mol. The Balaban J connectivity index is 1.70. The maximum atomic E-state index is 11.8. The summed E-state index contributed by atoms with van der Waals surface area (Å²) in [5.41, 5.74) is 0. The molecule has 1 aliphatic rings. The monoisotopic (exact) mass is 315 g/mol. The van der Waals surface area contributed by atoms with Gasteiger partial charge in [0.05, 0.1) is 10.3 Å². The first-order valence-corrected chi connectivity index (χ1v) is 7.86. The molecule has 94 valence electrons. The Kier molecular flexibility index (Phi) is 5.04. The first-order valence-electron chi connectivity index (χ1n) is 6.25. The fourth-order valence-electron chi connectivity index (χ4n) is 2.36. The molecule has 4 heteroatoms. The van der Waals surface area contributed by atoms with Crippen LogP contribution in [0.4, 0.5) is 0 Å². The van der Waals surface area contributed by atoms with E-state index in [2.05, 4.69) is 27.3 Å². The summed E-state index contributed by atoms with van der Waals surface area (Å²) < 4.78 is 1.12. The molecular formula is C13H18BrNOS. The second kappa shape index (κ2) is 6.55. The molecule has 0 unspecified atom stereocenters. The average molecular weight is 316 g/mol. The Labute approximate surface area is 115 Å². The second-order valence-electron chi connectivity index (χ2n) is 4.69. The van der Waals surface area contributed by atoms with Crippen molar-refractivity contribution in [2.75, 3.05) is 0 Å². The predicted octanol–water partition coefficient (Wildman–Crippen LogP) is 4.10. The largest absolute Gasteiger partial charge is 0.351 e. The molecule has 1 aromatic rings. The van der Waals surface area contributed by atoms with Gasteiger partial charge in [-0.2, -0.15) is 0 Å². The highest BCUT2D eigenvalue weighted by Crippen LogP contribution is 2.26. The number of rotatable bonds is 4. The zero-order valence-corrected chi connectivity index (χ0v) is 12.3. The molecule has 1 N–H and O–H groups in total. The van der Waals surface area contributed by atoms with E-state index in [0.29, 0.717) is 18.9 Å². The minimum Gasteiger partial charge on any atom is -0.351 e. The summed E-state index contributed by atoms with van der Waals surface area (Å²) in [5, 5.41) is 3.01. The van der Waals surface area contributed by atoms with E-state index in [1.807, 2.05) is 6.07 Å². The number of carbonyl (C=O) groups excluding carboxylic acids is 1. The van der Waals surface area contributed by atoms with Gasteiger partial charge < -0.3 is 5.32 Å². The fraction of sp³-hybridized carbons (Fsp3) is 0.615. The van der Waals surface area contributed by atoms with Crippen LogP contribution in [-0.4, -0.2) is 5.91 Å². The standard InChI is InChI=1S/C13H18BrNOS/c14-12-7-6-11(17-12)9-15-13(16)8-10-4-2-1-3-5-10/h6-7,10H,1-5,8-9H2,(H,15,16). The minimum atomic E-state index is 0.210. The van der Waals surface area contributed by atoms with Crippen molar-refractivity contribution < 1.29 is 4.79 Å². The van der Waals surface area contributed by atoms with Gasteiger partial charge in [-0.1, -0.05) is 19.3 Å². The van der Waals surface area contributed by atoms with Gasteiger partial charge in [0.25, 0.3) is 0 Å². The van der Waals surface area contributed by atoms with Crippen molar-refractivity contribution in [3.63, 3.8) is 0 Å². The van der Waals surface area contributed by atoms with Crippen LogP contribution < -0.4 is 5.32 Å². The summed E-state index contributed by atoms with van der Waals surface area (Å²) in [6, 6.07) is 4.07. The molecule has 0 bridgehead atoms. The van der Waals surface area contributed by atoms with Gasteiger partial charge in [-0.05, 0) is 46.8 Å². The summed E-state index contributed by atoms with van der Waals surface area (Å²) in [6.45, 7) is 0.668. The third-order valence-electron chi connectivity index (χ3n) is 3.29. The molecule has 0 aliphatic heterocycles. The first kappa shape index (κ1) is 13.1. The van der Waals surface area contributed by atoms with E-state index in [1.165, 1.54) is 37.0 Å². The van der Waals surface area contributed by atoms with E-state index in [0.717, 1.165) is 3.79 Å². The second-order valence-corrected chi connectivity index (χ2v) is 7.24. The number of thiophene rings is 1. The lowest BCUT2D eigenvalue weighted by Gasteiger charge is -2.20. The number of halogens is 1. The third kappa shape index (κ3) is 4.43. The summed E-state index contributed by atoms with van der Waals surface area (Å²) in [6.07, 6.45) is 7.13. The molecule has 1 heterocycles. The van der Waals surface area contributed by atoms with Gasteiger partial charge >= 0.3 is 0 Å². The normalized spacial score (nSPS) is 17.0. The highest BCUT2D eigenvalue weighted by molar-refractivity contribution is 9.11. The minimum absolute atomic E-state index is 0.210. The highest BCUT2D eigenvalue weighted by atomic mass is 79.9. The van der Waals surface area contributed by atoms with Gasteiger partial charge in [0, 0.05) is 11.3 Å². The first-order chi connectivity index (χ1) is 8.24. The molecule has 0 atom stereocenters. The molecule has 0 radical (unpaired) electrons. The third-order valence-corrected chi connectivity index (χ3v) is 4.91. The maximum absolute atomic E-state index is 11.8. The van der Waals surface area contributed by atoms with E-state index in [9.17, 15) is 4.79 Å².